The second-order valence-corrected chi connectivity index (χ2v) is 7.30. The zero-order valence-corrected chi connectivity index (χ0v) is 15.1. The Bertz CT molecular complexity index is 988. The van der Waals surface area contributed by atoms with Crippen LogP contribution in [-0.2, 0) is 13.1 Å². The SMILES string of the molecule is OC1CCCN(Cc2ccc3c(c2)c2ncnc(Cl)c2n3CC(F)(F)F)C1. The van der Waals surface area contributed by atoms with Crippen molar-refractivity contribution in [3.8, 4) is 0 Å². The van der Waals surface area contributed by atoms with Crippen LogP contribution in [0.3, 0.4) is 0 Å². The Balaban J connectivity index is 1.79. The Morgan fingerprint density at radius 3 is 2.81 bits per heavy atom. The molecule has 2 aromatic heterocycles. The summed E-state index contributed by atoms with van der Waals surface area (Å²) in [6, 6.07) is 5.35. The number of piperidine rings is 1. The zero-order chi connectivity index (χ0) is 19.2. The van der Waals surface area contributed by atoms with Gasteiger partial charge in [-0.1, -0.05) is 17.7 Å². The number of likely N-dealkylation sites (tertiary alicyclic amines) is 1. The summed E-state index contributed by atoms with van der Waals surface area (Å²) in [6.45, 7) is 0.955. The van der Waals surface area contributed by atoms with Gasteiger partial charge < -0.3 is 9.67 Å². The largest absolute Gasteiger partial charge is 0.406 e. The molecule has 0 spiro atoms. The molecule has 0 bridgehead atoms. The molecular weight excluding hydrogens is 381 g/mol. The normalized spacial score (nSPS) is 19.2. The van der Waals surface area contributed by atoms with Gasteiger partial charge >= 0.3 is 6.18 Å². The van der Waals surface area contributed by atoms with Crippen LogP contribution in [0.4, 0.5) is 13.2 Å². The van der Waals surface area contributed by atoms with Gasteiger partial charge in [-0.3, -0.25) is 4.90 Å². The Labute approximate surface area is 158 Å². The number of aromatic nitrogens is 3. The van der Waals surface area contributed by atoms with E-state index in [-0.39, 0.29) is 16.8 Å². The number of benzene rings is 1. The first-order valence-electron chi connectivity index (χ1n) is 8.70. The van der Waals surface area contributed by atoms with Gasteiger partial charge in [-0.15, -0.1) is 0 Å². The summed E-state index contributed by atoms with van der Waals surface area (Å²) in [7, 11) is 0. The van der Waals surface area contributed by atoms with Crippen molar-refractivity contribution in [2.75, 3.05) is 13.1 Å². The molecule has 1 aliphatic rings. The molecule has 0 aliphatic carbocycles. The van der Waals surface area contributed by atoms with Crippen LogP contribution in [0.2, 0.25) is 5.15 Å². The predicted molar refractivity (Wildman–Crippen MR) is 96.6 cm³/mol. The van der Waals surface area contributed by atoms with Gasteiger partial charge in [-0.25, -0.2) is 9.97 Å². The summed E-state index contributed by atoms with van der Waals surface area (Å²) in [5.74, 6) is 0. The highest BCUT2D eigenvalue weighted by Gasteiger charge is 2.31. The number of aliphatic hydroxyl groups excluding tert-OH is 1. The molecule has 5 nitrogen and oxygen atoms in total. The molecule has 0 amide bonds. The average Bonchev–Trinajstić information content (AvgIpc) is 2.88. The van der Waals surface area contributed by atoms with Gasteiger partial charge in [-0.05, 0) is 37.1 Å². The highest BCUT2D eigenvalue weighted by atomic mass is 35.5. The van der Waals surface area contributed by atoms with Crippen LogP contribution in [0.5, 0.6) is 0 Å². The Hall–Kier alpha value is -1.90. The molecule has 1 aromatic carbocycles. The predicted octanol–water partition coefficient (Wildman–Crippen LogP) is 3.76. The van der Waals surface area contributed by atoms with Crippen molar-refractivity contribution in [3.05, 3.63) is 35.2 Å². The van der Waals surface area contributed by atoms with Crippen LogP contribution in [0, 0.1) is 0 Å². The van der Waals surface area contributed by atoms with E-state index in [0.29, 0.717) is 29.5 Å². The molecule has 3 aromatic rings. The van der Waals surface area contributed by atoms with E-state index in [1.807, 2.05) is 12.1 Å². The van der Waals surface area contributed by atoms with Crippen molar-refractivity contribution >= 4 is 33.5 Å². The van der Waals surface area contributed by atoms with Gasteiger partial charge in [0, 0.05) is 18.5 Å². The van der Waals surface area contributed by atoms with Crippen LogP contribution >= 0.6 is 11.6 Å². The Morgan fingerprint density at radius 2 is 2.07 bits per heavy atom. The molecule has 0 saturated carbocycles. The number of alkyl halides is 3. The molecule has 1 atom stereocenters. The van der Waals surface area contributed by atoms with Crippen LogP contribution < -0.4 is 0 Å². The fourth-order valence-corrected chi connectivity index (χ4v) is 4.03. The highest BCUT2D eigenvalue weighted by Crippen LogP contribution is 2.34. The quantitative estimate of drug-likeness (QED) is 0.683. The number of hydrogen-bond donors (Lipinski definition) is 1. The maximum absolute atomic E-state index is 13.1. The summed E-state index contributed by atoms with van der Waals surface area (Å²) in [5, 5.41) is 10.4. The third-order valence-electron chi connectivity index (χ3n) is 4.88. The number of hydrogen-bond acceptors (Lipinski definition) is 4. The lowest BCUT2D eigenvalue weighted by molar-refractivity contribution is -0.139. The molecular formula is C18H18ClF3N4O. The first-order valence-corrected chi connectivity index (χ1v) is 9.08. The number of rotatable bonds is 3. The second-order valence-electron chi connectivity index (χ2n) is 6.95. The van der Waals surface area contributed by atoms with Gasteiger partial charge in [0.15, 0.2) is 5.15 Å². The minimum Gasteiger partial charge on any atom is -0.392 e. The third-order valence-corrected chi connectivity index (χ3v) is 5.16. The minimum absolute atomic E-state index is 0.00107. The zero-order valence-electron chi connectivity index (χ0n) is 14.4. The van der Waals surface area contributed by atoms with E-state index >= 15 is 0 Å². The summed E-state index contributed by atoms with van der Waals surface area (Å²) < 4.78 is 40.4. The summed E-state index contributed by atoms with van der Waals surface area (Å²) >= 11 is 6.10. The lowest BCUT2D eigenvalue weighted by atomic mass is 10.1. The van der Waals surface area contributed by atoms with Crippen molar-refractivity contribution in [2.24, 2.45) is 0 Å². The van der Waals surface area contributed by atoms with E-state index in [2.05, 4.69) is 14.9 Å². The molecule has 1 unspecified atom stereocenters. The summed E-state index contributed by atoms with van der Waals surface area (Å²) in [5.41, 5.74) is 1.98. The smallest absolute Gasteiger partial charge is 0.392 e. The van der Waals surface area contributed by atoms with Crippen molar-refractivity contribution in [3.63, 3.8) is 0 Å². The molecule has 144 valence electrons. The average molecular weight is 399 g/mol. The highest BCUT2D eigenvalue weighted by molar-refractivity contribution is 6.34. The molecule has 1 saturated heterocycles. The van der Waals surface area contributed by atoms with Crippen LogP contribution in [0.25, 0.3) is 21.9 Å². The summed E-state index contributed by atoms with van der Waals surface area (Å²) in [6.07, 6.45) is -1.73. The molecule has 9 heteroatoms. The van der Waals surface area contributed by atoms with E-state index in [0.717, 1.165) is 29.5 Å². The molecule has 1 N–H and O–H groups in total. The lowest BCUT2D eigenvalue weighted by Gasteiger charge is -2.30. The van der Waals surface area contributed by atoms with Gasteiger partial charge in [-0.2, -0.15) is 13.2 Å². The van der Waals surface area contributed by atoms with Crippen molar-refractivity contribution in [1.82, 2.24) is 19.4 Å². The Kier molecular flexibility index (Phi) is 4.73. The fraction of sp³-hybridized carbons (Fsp3) is 0.444. The third kappa shape index (κ3) is 3.74. The Morgan fingerprint density at radius 1 is 1.26 bits per heavy atom. The molecule has 4 rings (SSSR count). The second kappa shape index (κ2) is 6.92. The van der Waals surface area contributed by atoms with Gasteiger partial charge in [0.25, 0.3) is 0 Å². The van der Waals surface area contributed by atoms with E-state index in [4.69, 9.17) is 11.6 Å². The van der Waals surface area contributed by atoms with Gasteiger partial charge in [0.2, 0.25) is 0 Å². The van der Waals surface area contributed by atoms with Gasteiger partial charge in [0.05, 0.1) is 11.6 Å². The van der Waals surface area contributed by atoms with Crippen molar-refractivity contribution in [2.45, 2.75) is 38.2 Å². The van der Waals surface area contributed by atoms with E-state index in [9.17, 15) is 18.3 Å². The molecule has 1 aliphatic heterocycles. The van der Waals surface area contributed by atoms with E-state index in [1.54, 1.807) is 6.07 Å². The molecule has 1 fully saturated rings. The number of fused-ring (bicyclic) bond motifs is 3. The van der Waals surface area contributed by atoms with E-state index in [1.165, 1.54) is 6.33 Å². The monoisotopic (exact) mass is 398 g/mol. The van der Waals surface area contributed by atoms with Crippen LogP contribution in [0.15, 0.2) is 24.5 Å². The first kappa shape index (κ1) is 18.5. The first-order chi connectivity index (χ1) is 12.8. The van der Waals surface area contributed by atoms with Gasteiger partial charge in [0.1, 0.15) is 23.9 Å². The number of halogens is 4. The van der Waals surface area contributed by atoms with Crippen LogP contribution in [0.1, 0.15) is 18.4 Å². The lowest BCUT2D eigenvalue weighted by Crippen LogP contribution is -2.37. The fourth-order valence-electron chi connectivity index (χ4n) is 3.80. The minimum atomic E-state index is -4.39. The number of aliphatic hydroxyl groups is 1. The van der Waals surface area contributed by atoms with Crippen LogP contribution in [-0.4, -0.2) is 49.9 Å². The number of nitrogens with zero attached hydrogens (tertiary/aromatic N) is 4. The molecule has 3 heterocycles. The molecule has 27 heavy (non-hydrogen) atoms. The van der Waals surface area contributed by atoms with Crippen molar-refractivity contribution in [1.29, 1.82) is 0 Å². The topological polar surface area (TPSA) is 54.2 Å². The standard InChI is InChI=1S/C18H18ClF3N4O/c19-17-16-15(23-10-24-17)13-6-11(7-25-5-1-2-12(27)8-25)3-4-14(13)26(16)9-18(20,21)22/h3-4,6,10,12,27H,1-2,5,7-9H2. The van der Waals surface area contributed by atoms with Crippen molar-refractivity contribution < 1.29 is 18.3 Å². The number of β-amino-alcohol motifs (C(OH)–C–C–N with tert-alkyl or cyclic N) is 1. The summed E-state index contributed by atoms with van der Waals surface area (Å²) in [4.78, 5) is 10.2. The maximum atomic E-state index is 13.1. The van der Waals surface area contributed by atoms with E-state index < -0.39 is 12.7 Å². The molecule has 0 radical (unpaired) electrons. The maximum Gasteiger partial charge on any atom is 0.406 e.